The number of aryl methyl sites for hydroxylation is 1. The average molecular weight is 424 g/mol. The number of hydrogen-bond acceptors (Lipinski definition) is 4. The van der Waals surface area contributed by atoms with Gasteiger partial charge in [0.1, 0.15) is 10.8 Å². The van der Waals surface area contributed by atoms with E-state index in [4.69, 9.17) is 11.6 Å². The fraction of sp³-hybridized carbons (Fsp3) is 0.100. The van der Waals surface area contributed by atoms with Crippen LogP contribution in [0.4, 0.5) is 13.2 Å². The van der Waals surface area contributed by atoms with E-state index >= 15 is 0 Å². The zero-order valence-electron chi connectivity index (χ0n) is 14.4. The number of thiazole rings is 1. The number of hydrogen-bond donors (Lipinski definition) is 1. The summed E-state index contributed by atoms with van der Waals surface area (Å²) in [4.78, 5) is 17.2. The van der Waals surface area contributed by atoms with Crippen LogP contribution in [-0.4, -0.2) is 15.9 Å². The number of halogens is 4. The summed E-state index contributed by atoms with van der Waals surface area (Å²) in [5.74, 6) is -0.273. The van der Waals surface area contributed by atoms with Crippen molar-refractivity contribution < 1.29 is 23.1 Å². The molecule has 144 valence electrons. The second-order valence-corrected chi connectivity index (χ2v) is 7.32. The van der Waals surface area contributed by atoms with Crippen molar-refractivity contribution in [1.82, 2.24) is 4.98 Å². The molecule has 2 aromatic carbocycles. The van der Waals surface area contributed by atoms with Gasteiger partial charge in [-0.3, -0.25) is 4.79 Å². The molecule has 3 aromatic rings. The van der Waals surface area contributed by atoms with Crippen molar-refractivity contribution in [3.63, 3.8) is 0 Å². The third-order valence-corrected chi connectivity index (χ3v) is 5.43. The summed E-state index contributed by atoms with van der Waals surface area (Å²) < 4.78 is 38.0. The molecule has 0 atom stereocenters. The summed E-state index contributed by atoms with van der Waals surface area (Å²) in [5.41, 5.74) is 0.824. The van der Waals surface area contributed by atoms with Gasteiger partial charge in [-0.1, -0.05) is 23.7 Å². The maximum Gasteiger partial charge on any atom is 0.416 e. The molecule has 0 unspecified atom stereocenters. The van der Waals surface area contributed by atoms with E-state index in [1.54, 1.807) is 13.0 Å². The molecule has 0 aliphatic carbocycles. The number of aromatic hydroxyl groups is 1. The molecule has 3 rings (SSSR count). The Morgan fingerprint density at radius 3 is 2.46 bits per heavy atom. The summed E-state index contributed by atoms with van der Waals surface area (Å²) in [6, 6.07) is 9.04. The Balaban J connectivity index is 1.83. The second-order valence-electron chi connectivity index (χ2n) is 5.91. The lowest BCUT2D eigenvalue weighted by Crippen LogP contribution is -2.03. The number of alkyl halides is 3. The first-order chi connectivity index (χ1) is 13.1. The molecule has 0 saturated carbocycles. The Hall–Kier alpha value is -2.64. The lowest BCUT2D eigenvalue weighted by atomic mass is 10.1. The van der Waals surface area contributed by atoms with Crippen molar-refractivity contribution in [2.24, 2.45) is 0 Å². The molecule has 0 saturated heterocycles. The molecule has 0 fully saturated rings. The van der Waals surface area contributed by atoms with Gasteiger partial charge < -0.3 is 5.11 Å². The highest BCUT2D eigenvalue weighted by atomic mass is 35.5. The molecule has 8 heteroatoms. The van der Waals surface area contributed by atoms with Crippen LogP contribution in [-0.2, 0) is 6.18 Å². The van der Waals surface area contributed by atoms with Crippen LogP contribution in [0.5, 0.6) is 5.75 Å². The van der Waals surface area contributed by atoms with E-state index < -0.39 is 11.7 Å². The van der Waals surface area contributed by atoms with Crippen molar-refractivity contribution in [3.8, 4) is 16.3 Å². The van der Waals surface area contributed by atoms with Gasteiger partial charge in [0.2, 0.25) is 0 Å². The van der Waals surface area contributed by atoms with E-state index in [0.29, 0.717) is 31.7 Å². The van der Waals surface area contributed by atoms with E-state index in [2.05, 4.69) is 4.98 Å². The average Bonchev–Trinajstić information content (AvgIpc) is 3.02. The third kappa shape index (κ3) is 4.43. The molecule has 0 bridgehead atoms. The van der Waals surface area contributed by atoms with Gasteiger partial charge in [0, 0.05) is 5.56 Å². The summed E-state index contributed by atoms with van der Waals surface area (Å²) in [6.07, 6.45) is -1.53. The van der Waals surface area contributed by atoms with Crippen LogP contribution in [0, 0.1) is 6.92 Å². The predicted octanol–water partition coefficient (Wildman–Crippen LogP) is 6.39. The molecule has 0 aliphatic heterocycles. The van der Waals surface area contributed by atoms with Gasteiger partial charge in [0.15, 0.2) is 5.78 Å². The van der Waals surface area contributed by atoms with E-state index in [0.717, 1.165) is 23.5 Å². The molecular weight excluding hydrogens is 411 g/mol. The van der Waals surface area contributed by atoms with E-state index in [-0.39, 0.29) is 11.5 Å². The number of benzene rings is 2. The molecule has 0 spiro atoms. The minimum atomic E-state index is -4.40. The fourth-order valence-corrected chi connectivity index (χ4v) is 3.67. The number of nitrogens with zero attached hydrogens (tertiary/aromatic N) is 1. The first-order valence-corrected chi connectivity index (χ1v) is 9.20. The first kappa shape index (κ1) is 20.1. The van der Waals surface area contributed by atoms with Gasteiger partial charge in [-0.25, -0.2) is 4.98 Å². The standard InChI is InChI=1S/C20H13ClF3NO2S/c1-11-18(17(27)9-5-12-4-8-15(26)10-16(12)21)28-19(25-11)13-2-6-14(7-3-13)20(22,23)24/h2-10,26H,1H3. The van der Waals surface area contributed by atoms with Gasteiger partial charge in [0.25, 0.3) is 0 Å². The lowest BCUT2D eigenvalue weighted by molar-refractivity contribution is -0.137. The number of phenolic OH excluding ortho intramolecular Hbond substituents is 1. The smallest absolute Gasteiger partial charge is 0.416 e. The SMILES string of the molecule is Cc1nc(-c2ccc(C(F)(F)F)cc2)sc1C(=O)C=Cc1ccc(O)cc1Cl. The van der Waals surface area contributed by atoms with Crippen molar-refractivity contribution in [3.05, 3.63) is 75.3 Å². The minimum Gasteiger partial charge on any atom is -0.508 e. The molecule has 0 radical (unpaired) electrons. The van der Waals surface area contributed by atoms with Gasteiger partial charge in [-0.05, 0) is 55.0 Å². The Morgan fingerprint density at radius 2 is 1.86 bits per heavy atom. The topological polar surface area (TPSA) is 50.2 Å². The van der Waals surface area contributed by atoms with E-state index in [9.17, 15) is 23.1 Å². The quantitative estimate of drug-likeness (QED) is 0.390. The van der Waals surface area contributed by atoms with Gasteiger partial charge in [-0.2, -0.15) is 13.2 Å². The highest BCUT2D eigenvalue weighted by Gasteiger charge is 2.30. The van der Waals surface area contributed by atoms with Crippen LogP contribution in [0.25, 0.3) is 16.6 Å². The number of carbonyl (C=O) groups excluding carboxylic acids is 1. The zero-order valence-corrected chi connectivity index (χ0v) is 16.0. The van der Waals surface area contributed by atoms with Crippen LogP contribution >= 0.6 is 22.9 Å². The van der Waals surface area contributed by atoms with Crippen molar-refractivity contribution in [2.75, 3.05) is 0 Å². The Bertz CT molecular complexity index is 1060. The van der Waals surface area contributed by atoms with Crippen LogP contribution in [0.2, 0.25) is 5.02 Å². The molecule has 0 amide bonds. The molecular formula is C20H13ClF3NO2S. The van der Waals surface area contributed by atoms with Crippen LogP contribution in [0.1, 0.15) is 26.5 Å². The summed E-state index contributed by atoms with van der Waals surface area (Å²) in [5, 5.41) is 10.1. The van der Waals surface area contributed by atoms with Gasteiger partial charge in [-0.15, -0.1) is 11.3 Å². The maximum absolute atomic E-state index is 12.7. The van der Waals surface area contributed by atoms with Gasteiger partial charge in [0.05, 0.1) is 21.2 Å². The molecule has 0 aliphatic rings. The highest BCUT2D eigenvalue weighted by Crippen LogP contribution is 2.33. The monoisotopic (exact) mass is 423 g/mol. The lowest BCUT2D eigenvalue weighted by Gasteiger charge is -2.06. The number of rotatable bonds is 4. The van der Waals surface area contributed by atoms with E-state index in [1.807, 2.05) is 0 Å². The molecule has 3 nitrogen and oxygen atoms in total. The van der Waals surface area contributed by atoms with Crippen LogP contribution in [0.3, 0.4) is 0 Å². The highest BCUT2D eigenvalue weighted by molar-refractivity contribution is 7.17. The first-order valence-electron chi connectivity index (χ1n) is 8.01. The summed E-state index contributed by atoms with van der Waals surface area (Å²) >= 11 is 7.12. The van der Waals surface area contributed by atoms with Gasteiger partial charge >= 0.3 is 6.18 Å². The third-order valence-electron chi connectivity index (χ3n) is 3.88. The molecule has 28 heavy (non-hydrogen) atoms. The Kier molecular flexibility index (Phi) is 5.58. The normalized spacial score (nSPS) is 11.9. The predicted molar refractivity (Wildman–Crippen MR) is 104 cm³/mol. The maximum atomic E-state index is 12.7. The van der Waals surface area contributed by atoms with Crippen LogP contribution < -0.4 is 0 Å². The zero-order chi connectivity index (χ0) is 20.5. The van der Waals surface area contributed by atoms with Crippen molar-refractivity contribution in [1.29, 1.82) is 0 Å². The van der Waals surface area contributed by atoms with Crippen LogP contribution in [0.15, 0.2) is 48.5 Å². The minimum absolute atomic E-state index is 0.0213. The number of ketones is 1. The van der Waals surface area contributed by atoms with Crippen molar-refractivity contribution in [2.45, 2.75) is 13.1 Å². The molecule has 1 heterocycles. The largest absolute Gasteiger partial charge is 0.508 e. The number of aromatic nitrogens is 1. The van der Waals surface area contributed by atoms with E-state index in [1.165, 1.54) is 36.4 Å². The molecule has 1 aromatic heterocycles. The fourth-order valence-electron chi connectivity index (χ4n) is 2.44. The number of allylic oxidation sites excluding steroid dienone is 1. The second kappa shape index (κ2) is 7.77. The Labute approximate surface area is 167 Å². The Morgan fingerprint density at radius 1 is 1.18 bits per heavy atom. The number of carbonyl (C=O) groups is 1. The summed E-state index contributed by atoms with van der Waals surface area (Å²) in [6.45, 7) is 1.67. The van der Waals surface area contributed by atoms with Crippen molar-refractivity contribution >= 4 is 34.8 Å². The number of phenols is 1. The molecule has 1 N–H and O–H groups in total. The summed E-state index contributed by atoms with van der Waals surface area (Å²) in [7, 11) is 0.